The molecule has 1 saturated carbocycles. The minimum atomic E-state index is -4.82. The van der Waals surface area contributed by atoms with Crippen LogP contribution in [0.25, 0.3) is 0 Å². The zero-order valence-electron chi connectivity index (χ0n) is 15.8. The number of carbonyl (C=O) groups excluding carboxylic acids is 1. The lowest BCUT2D eigenvalue weighted by Crippen LogP contribution is -2.62. The van der Waals surface area contributed by atoms with Gasteiger partial charge in [0, 0.05) is 5.57 Å². The lowest BCUT2D eigenvalue weighted by atomic mass is 9.83. The van der Waals surface area contributed by atoms with Gasteiger partial charge in [-0.3, -0.25) is 0 Å². The van der Waals surface area contributed by atoms with Crippen molar-refractivity contribution in [3.8, 4) is 0 Å². The average molecular weight is 366 g/mol. The third-order valence-corrected chi connectivity index (χ3v) is 5.23. The number of hydrogen-bond acceptors (Lipinski definition) is 4. The van der Waals surface area contributed by atoms with Crippen LogP contribution in [0.15, 0.2) is 12.2 Å². The first-order valence-corrected chi connectivity index (χ1v) is 8.37. The van der Waals surface area contributed by atoms with Crippen molar-refractivity contribution in [2.45, 2.75) is 89.9 Å². The molecule has 0 aromatic rings. The van der Waals surface area contributed by atoms with E-state index in [1.165, 1.54) is 13.8 Å². The topological polar surface area (TPSA) is 55.8 Å². The molecule has 1 fully saturated rings. The van der Waals surface area contributed by atoms with Crippen LogP contribution < -0.4 is 0 Å². The Labute approximate surface area is 147 Å². The second-order valence-corrected chi connectivity index (χ2v) is 8.10. The highest BCUT2D eigenvalue weighted by molar-refractivity contribution is 5.87. The molecule has 0 saturated heterocycles. The predicted molar refractivity (Wildman–Crippen MR) is 88.0 cm³/mol. The third-order valence-electron chi connectivity index (χ3n) is 5.23. The monoisotopic (exact) mass is 366 g/mol. The molecule has 0 bridgehead atoms. The molecule has 25 heavy (non-hydrogen) atoms. The molecule has 1 aliphatic carbocycles. The molecule has 0 aromatic heterocycles. The smallest absolute Gasteiger partial charge is 0.419 e. The van der Waals surface area contributed by atoms with E-state index in [2.05, 4.69) is 6.58 Å². The van der Waals surface area contributed by atoms with Gasteiger partial charge in [-0.15, -0.1) is 0 Å². The Morgan fingerprint density at radius 2 is 1.64 bits per heavy atom. The zero-order chi connectivity index (χ0) is 19.8. The van der Waals surface area contributed by atoms with Crippen LogP contribution >= 0.6 is 0 Å². The maximum Gasteiger partial charge on any atom is 0.419 e. The maximum atomic E-state index is 13.2. The summed E-state index contributed by atoms with van der Waals surface area (Å²) >= 11 is 0. The summed E-state index contributed by atoms with van der Waals surface area (Å²) < 4.78 is 50.6. The largest absolute Gasteiger partial charge is 0.459 e. The number of ether oxygens (including phenoxy) is 2. The SMILES string of the molecule is C=C(C)C(=O)OC1CCC(C(C)(C)OC(C)(C)C(C)(O)C(F)(F)F)C1. The van der Waals surface area contributed by atoms with Crippen molar-refractivity contribution in [3.05, 3.63) is 12.2 Å². The number of halogens is 3. The quantitative estimate of drug-likeness (QED) is 0.566. The van der Waals surface area contributed by atoms with Gasteiger partial charge in [-0.05, 0) is 66.7 Å². The van der Waals surface area contributed by atoms with Crippen LogP contribution in [0.1, 0.15) is 60.8 Å². The Morgan fingerprint density at radius 1 is 1.12 bits per heavy atom. The molecule has 0 aliphatic heterocycles. The highest BCUT2D eigenvalue weighted by atomic mass is 19.4. The molecule has 3 atom stereocenters. The van der Waals surface area contributed by atoms with Gasteiger partial charge in [0.05, 0.1) is 5.60 Å². The number of esters is 1. The Hall–Kier alpha value is -1.08. The molecular weight excluding hydrogens is 337 g/mol. The first-order valence-electron chi connectivity index (χ1n) is 8.37. The first kappa shape index (κ1) is 22.0. The molecule has 0 heterocycles. The summed E-state index contributed by atoms with van der Waals surface area (Å²) in [6, 6.07) is 0. The van der Waals surface area contributed by atoms with Gasteiger partial charge >= 0.3 is 12.1 Å². The second kappa shape index (κ2) is 6.91. The molecule has 0 amide bonds. The highest BCUT2D eigenvalue weighted by Crippen LogP contribution is 2.45. The minimum absolute atomic E-state index is 0.0984. The maximum absolute atomic E-state index is 13.2. The van der Waals surface area contributed by atoms with Gasteiger partial charge in [0.1, 0.15) is 11.7 Å². The van der Waals surface area contributed by atoms with E-state index in [4.69, 9.17) is 9.47 Å². The van der Waals surface area contributed by atoms with E-state index in [1.54, 1.807) is 20.8 Å². The Balaban J connectivity index is 2.82. The molecule has 0 aromatic carbocycles. The van der Waals surface area contributed by atoms with Crippen LogP contribution in [0.3, 0.4) is 0 Å². The summed E-state index contributed by atoms with van der Waals surface area (Å²) in [4.78, 5) is 11.6. The summed E-state index contributed by atoms with van der Waals surface area (Å²) in [6.45, 7) is 11.7. The molecule has 3 unspecified atom stereocenters. The normalized spacial score (nSPS) is 24.7. The van der Waals surface area contributed by atoms with Gasteiger partial charge in [-0.2, -0.15) is 13.2 Å². The van der Waals surface area contributed by atoms with Gasteiger partial charge in [-0.25, -0.2) is 4.79 Å². The van der Waals surface area contributed by atoms with Crippen LogP contribution in [0.2, 0.25) is 0 Å². The molecule has 146 valence electrons. The van der Waals surface area contributed by atoms with Crippen molar-refractivity contribution in [3.63, 3.8) is 0 Å². The van der Waals surface area contributed by atoms with Crippen molar-refractivity contribution in [2.24, 2.45) is 5.92 Å². The fourth-order valence-corrected chi connectivity index (χ4v) is 3.11. The van der Waals surface area contributed by atoms with E-state index in [0.29, 0.717) is 24.8 Å². The van der Waals surface area contributed by atoms with Crippen LogP contribution in [0.5, 0.6) is 0 Å². The summed E-state index contributed by atoms with van der Waals surface area (Å²) in [5, 5.41) is 9.99. The highest BCUT2D eigenvalue weighted by Gasteiger charge is 2.61. The van der Waals surface area contributed by atoms with Gasteiger partial charge in [0.2, 0.25) is 0 Å². The third kappa shape index (κ3) is 4.76. The summed E-state index contributed by atoms with van der Waals surface area (Å²) in [5.41, 5.74) is -5.47. The van der Waals surface area contributed by atoms with Crippen molar-refractivity contribution in [1.82, 2.24) is 0 Å². The predicted octanol–water partition coefficient (Wildman–Crippen LogP) is 4.16. The van der Waals surface area contributed by atoms with Gasteiger partial charge in [0.15, 0.2) is 5.60 Å². The van der Waals surface area contributed by atoms with Crippen molar-refractivity contribution >= 4 is 5.97 Å². The fourth-order valence-electron chi connectivity index (χ4n) is 3.11. The van der Waals surface area contributed by atoms with Crippen LogP contribution in [0, 0.1) is 5.92 Å². The van der Waals surface area contributed by atoms with Crippen LogP contribution in [-0.4, -0.2) is 40.2 Å². The Kier molecular flexibility index (Phi) is 6.07. The average Bonchev–Trinajstić information content (AvgIpc) is 2.85. The van der Waals surface area contributed by atoms with Crippen molar-refractivity contribution in [1.29, 1.82) is 0 Å². The van der Waals surface area contributed by atoms with Gasteiger partial charge in [0.25, 0.3) is 0 Å². The lowest BCUT2D eigenvalue weighted by molar-refractivity contribution is -0.330. The summed E-state index contributed by atoms with van der Waals surface area (Å²) in [6.07, 6.45) is -3.35. The molecule has 4 nitrogen and oxygen atoms in total. The first-order chi connectivity index (χ1) is 11.0. The van der Waals surface area contributed by atoms with Crippen LogP contribution in [-0.2, 0) is 14.3 Å². The number of rotatable bonds is 6. The van der Waals surface area contributed by atoms with Crippen LogP contribution in [0.4, 0.5) is 13.2 Å². The molecule has 1 N–H and O–H groups in total. The Morgan fingerprint density at radius 3 is 2.08 bits per heavy atom. The number of aliphatic hydroxyl groups is 1. The lowest BCUT2D eigenvalue weighted by Gasteiger charge is -2.47. The summed E-state index contributed by atoms with van der Waals surface area (Å²) in [5.74, 6) is -0.566. The number of hydrogen-bond donors (Lipinski definition) is 1. The minimum Gasteiger partial charge on any atom is -0.459 e. The molecule has 0 spiro atoms. The van der Waals surface area contributed by atoms with E-state index in [1.807, 2.05) is 0 Å². The van der Waals surface area contributed by atoms with Crippen molar-refractivity contribution < 1.29 is 32.5 Å². The number of alkyl halides is 3. The van der Waals surface area contributed by atoms with E-state index in [-0.39, 0.29) is 12.0 Å². The number of carbonyl (C=O) groups is 1. The van der Waals surface area contributed by atoms with Crippen molar-refractivity contribution in [2.75, 3.05) is 0 Å². The van der Waals surface area contributed by atoms with E-state index >= 15 is 0 Å². The summed E-state index contributed by atoms with van der Waals surface area (Å²) in [7, 11) is 0. The van der Waals surface area contributed by atoms with E-state index in [9.17, 15) is 23.1 Å². The zero-order valence-corrected chi connectivity index (χ0v) is 15.8. The Bertz CT molecular complexity index is 521. The fraction of sp³-hybridized carbons (Fsp3) is 0.833. The molecule has 0 radical (unpaired) electrons. The standard InChI is InChI=1S/C18H29F3O4/c1-11(2)14(22)24-13-9-8-12(10-13)15(3,4)25-16(5,6)17(7,23)18(19,20)21/h12-13,23H,1,8-10H2,2-7H3. The molecule has 7 heteroatoms. The van der Waals surface area contributed by atoms with E-state index < -0.39 is 28.9 Å². The van der Waals surface area contributed by atoms with Gasteiger partial charge < -0.3 is 14.6 Å². The molecular formula is C18H29F3O4. The molecule has 1 aliphatic rings. The molecule has 1 rings (SSSR count). The second-order valence-electron chi connectivity index (χ2n) is 8.10. The van der Waals surface area contributed by atoms with Gasteiger partial charge in [-0.1, -0.05) is 6.58 Å². The van der Waals surface area contributed by atoms with E-state index in [0.717, 1.165) is 6.92 Å².